The number of fused-ring (bicyclic) bond motifs is 10. The van der Waals surface area contributed by atoms with Gasteiger partial charge in [0.25, 0.3) is 0 Å². The van der Waals surface area contributed by atoms with Crippen LogP contribution in [-0.4, -0.2) is 24.1 Å². The highest BCUT2D eigenvalue weighted by Gasteiger charge is 2.24. The van der Waals surface area contributed by atoms with Crippen LogP contribution >= 0.6 is 0 Å². The topological polar surface area (TPSA) is 61.7 Å². The van der Waals surface area contributed by atoms with E-state index in [0.717, 1.165) is 88.1 Å². The number of hydrogen-bond acceptors (Lipinski definition) is 4. The first-order valence-corrected chi connectivity index (χ1v) is 21.2. The molecule has 0 atom stereocenters. The van der Waals surface area contributed by atoms with Gasteiger partial charge in [-0.2, -0.15) is 9.97 Å². The monoisotopic (exact) mass is 805 g/mol. The van der Waals surface area contributed by atoms with Crippen LogP contribution in [0.2, 0.25) is 0 Å². The average Bonchev–Trinajstić information content (AvgIpc) is 4.02. The van der Waals surface area contributed by atoms with E-state index in [1.54, 1.807) is 0 Å². The molecule has 0 amide bonds. The third-order valence-corrected chi connectivity index (χ3v) is 12.4. The van der Waals surface area contributed by atoms with Gasteiger partial charge in [0, 0.05) is 49.1 Å². The van der Waals surface area contributed by atoms with Crippen molar-refractivity contribution >= 4 is 65.6 Å². The van der Waals surface area contributed by atoms with E-state index in [4.69, 9.17) is 19.4 Å². The van der Waals surface area contributed by atoms with Gasteiger partial charge in [0.1, 0.15) is 11.2 Å². The van der Waals surface area contributed by atoms with Gasteiger partial charge in [-0.15, -0.1) is 0 Å². The maximum Gasteiger partial charge on any atom is 0.238 e. The molecule has 13 aromatic rings. The quantitative estimate of drug-likeness (QED) is 0.168. The maximum atomic E-state index is 6.23. The lowest BCUT2D eigenvalue weighted by Gasteiger charge is -2.14. The van der Waals surface area contributed by atoms with E-state index in [1.807, 2.05) is 48.5 Å². The number of aromatic nitrogens is 5. The van der Waals surface area contributed by atoms with Crippen molar-refractivity contribution in [1.29, 1.82) is 0 Å². The Balaban J connectivity index is 1.09. The molecule has 4 aromatic heterocycles. The van der Waals surface area contributed by atoms with Crippen molar-refractivity contribution in [3.05, 3.63) is 212 Å². The summed E-state index contributed by atoms with van der Waals surface area (Å²) in [6.45, 7) is 0. The summed E-state index contributed by atoms with van der Waals surface area (Å²) in [5.41, 5.74) is 13.4. The van der Waals surface area contributed by atoms with E-state index < -0.39 is 0 Å². The van der Waals surface area contributed by atoms with Crippen LogP contribution in [-0.2, 0) is 0 Å². The molecule has 13 rings (SSSR count). The Labute approximate surface area is 361 Å². The molecular formula is C57H35N5O. The molecule has 63 heavy (non-hydrogen) atoms. The molecule has 9 aromatic carbocycles. The molecule has 0 aliphatic heterocycles. The number of benzene rings is 9. The van der Waals surface area contributed by atoms with Gasteiger partial charge >= 0.3 is 0 Å². The average molecular weight is 806 g/mol. The van der Waals surface area contributed by atoms with Crippen LogP contribution in [0.3, 0.4) is 0 Å². The fraction of sp³-hybridized carbons (Fsp3) is 0. The number of hydrogen-bond donors (Lipinski definition) is 0. The lowest BCUT2D eigenvalue weighted by atomic mass is 9.99. The van der Waals surface area contributed by atoms with Crippen LogP contribution in [0, 0.1) is 0 Å². The molecule has 0 radical (unpaired) electrons. The third-order valence-electron chi connectivity index (χ3n) is 12.4. The molecule has 0 saturated carbocycles. The molecule has 0 aliphatic rings. The van der Waals surface area contributed by atoms with Crippen LogP contribution in [0.15, 0.2) is 217 Å². The number of rotatable bonds is 6. The van der Waals surface area contributed by atoms with Gasteiger partial charge in [-0.3, -0.25) is 4.57 Å². The molecule has 0 saturated heterocycles. The molecule has 0 spiro atoms. The Morgan fingerprint density at radius 1 is 0.302 bits per heavy atom. The Hall–Kier alpha value is -8.61. The first kappa shape index (κ1) is 35.2. The summed E-state index contributed by atoms with van der Waals surface area (Å²) in [5, 5.41) is 6.62. The molecular weight excluding hydrogens is 771 g/mol. The van der Waals surface area contributed by atoms with Crippen LogP contribution in [0.5, 0.6) is 0 Å². The second kappa shape index (κ2) is 14.0. The van der Waals surface area contributed by atoms with E-state index in [2.05, 4.69) is 173 Å². The van der Waals surface area contributed by atoms with E-state index in [-0.39, 0.29) is 0 Å². The highest BCUT2D eigenvalue weighted by atomic mass is 16.3. The Bertz CT molecular complexity index is 3920. The summed E-state index contributed by atoms with van der Waals surface area (Å²) < 4.78 is 10.9. The maximum absolute atomic E-state index is 6.23. The van der Waals surface area contributed by atoms with Gasteiger partial charge in [-0.1, -0.05) is 158 Å². The molecule has 0 unspecified atom stereocenters. The molecule has 0 bridgehead atoms. The Kier molecular flexibility index (Phi) is 7.80. The summed E-state index contributed by atoms with van der Waals surface area (Å²) in [6.07, 6.45) is 0. The zero-order valence-corrected chi connectivity index (χ0v) is 33.9. The predicted molar refractivity (Wildman–Crippen MR) is 258 cm³/mol. The number of para-hydroxylation sites is 3. The predicted octanol–water partition coefficient (Wildman–Crippen LogP) is 14.6. The fourth-order valence-electron chi connectivity index (χ4n) is 9.49. The van der Waals surface area contributed by atoms with Crippen LogP contribution in [0.4, 0.5) is 0 Å². The zero-order valence-electron chi connectivity index (χ0n) is 33.9. The van der Waals surface area contributed by atoms with Crippen molar-refractivity contribution in [3.8, 4) is 56.7 Å². The van der Waals surface area contributed by atoms with Gasteiger partial charge in [0.05, 0.1) is 22.1 Å². The van der Waals surface area contributed by atoms with Crippen molar-refractivity contribution in [1.82, 2.24) is 24.1 Å². The van der Waals surface area contributed by atoms with Crippen molar-refractivity contribution in [2.75, 3.05) is 0 Å². The second-order valence-corrected chi connectivity index (χ2v) is 16.0. The first-order valence-electron chi connectivity index (χ1n) is 21.2. The number of furan rings is 1. The molecule has 0 fully saturated rings. The smallest absolute Gasteiger partial charge is 0.238 e. The van der Waals surface area contributed by atoms with Gasteiger partial charge < -0.3 is 8.98 Å². The summed E-state index contributed by atoms with van der Waals surface area (Å²) in [5.74, 6) is 1.71. The minimum Gasteiger partial charge on any atom is -0.456 e. The number of nitrogens with zero attached hydrogens (tertiary/aromatic N) is 5. The summed E-state index contributed by atoms with van der Waals surface area (Å²) in [4.78, 5) is 15.9. The lowest BCUT2D eigenvalue weighted by Crippen LogP contribution is -2.07. The highest BCUT2D eigenvalue weighted by Crippen LogP contribution is 2.42. The van der Waals surface area contributed by atoms with Gasteiger partial charge in [-0.05, 0) is 76.9 Å². The minimum absolute atomic E-state index is 0.540. The van der Waals surface area contributed by atoms with E-state index in [1.165, 1.54) is 16.5 Å². The normalized spacial score (nSPS) is 11.8. The summed E-state index contributed by atoms with van der Waals surface area (Å²) in [6, 6.07) is 74.6. The minimum atomic E-state index is 0.540. The lowest BCUT2D eigenvalue weighted by molar-refractivity contribution is 0.669. The van der Waals surface area contributed by atoms with Gasteiger partial charge in [-0.25, -0.2) is 4.98 Å². The van der Waals surface area contributed by atoms with Gasteiger partial charge in [0.15, 0.2) is 11.6 Å². The SMILES string of the molecule is c1ccc(-c2cccc(-c3cccc(-n4c5ccccc5c5ccc6c7ccccc7n(-c7nc(-c8ccccc8)nc(-c8ccc9oc%10ccccc%10c9c8)n7)c6c54)c3)c2)cc1. The van der Waals surface area contributed by atoms with E-state index >= 15 is 0 Å². The van der Waals surface area contributed by atoms with Crippen molar-refractivity contribution in [2.45, 2.75) is 0 Å². The molecule has 0 aliphatic carbocycles. The largest absolute Gasteiger partial charge is 0.456 e. The van der Waals surface area contributed by atoms with Crippen molar-refractivity contribution in [3.63, 3.8) is 0 Å². The Morgan fingerprint density at radius 3 is 1.56 bits per heavy atom. The molecule has 294 valence electrons. The first-order chi connectivity index (χ1) is 31.2. The Morgan fingerprint density at radius 2 is 0.825 bits per heavy atom. The zero-order chi connectivity index (χ0) is 41.4. The third kappa shape index (κ3) is 5.62. The molecule has 4 heterocycles. The van der Waals surface area contributed by atoms with E-state index in [0.29, 0.717) is 17.6 Å². The van der Waals surface area contributed by atoms with E-state index in [9.17, 15) is 0 Å². The van der Waals surface area contributed by atoms with Crippen molar-refractivity contribution < 1.29 is 4.42 Å². The molecule has 6 heteroatoms. The van der Waals surface area contributed by atoms with Crippen LogP contribution in [0.25, 0.3) is 122 Å². The molecule has 6 nitrogen and oxygen atoms in total. The van der Waals surface area contributed by atoms with Crippen molar-refractivity contribution in [2.24, 2.45) is 0 Å². The summed E-state index contributed by atoms with van der Waals surface area (Å²) in [7, 11) is 0. The van der Waals surface area contributed by atoms with Crippen LogP contribution < -0.4 is 0 Å². The highest BCUT2D eigenvalue weighted by molar-refractivity contribution is 6.23. The second-order valence-electron chi connectivity index (χ2n) is 16.0. The van der Waals surface area contributed by atoms with Gasteiger partial charge in [0.2, 0.25) is 5.95 Å². The fourth-order valence-corrected chi connectivity index (χ4v) is 9.49. The molecule has 0 N–H and O–H groups in total. The summed E-state index contributed by atoms with van der Waals surface area (Å²) >= 11 is 0. The van der Waals surface area contributed by atoms with Crippen LogP contribution in [0.1, 0.15) is 0 Å². The standard InChI is InChI=1S/C57H35N5O/c1-3-15-36(16-4-1)38-19-13-20-39(33-38)40-21-14-22-42(34-40)61-49-26-10-7-23-43(49)46-30-31-47-44-24-8-11-27-50(44)62(54(47)53(46)61)57-59-55(37-17-5-2-6-18-37)58-56(60-57)41-29-32-52-48(35-41)45-25-9-12-28-51(45)63-52/h1-35H.